The molecule has 2 N–H and O–H groups in total. The van der Waals surface area contributed by atoms with Crippen molar-refractivity contribution in [1.82, 2.24) is 9.97 Å². The number of nitrogens with zero attached hydrogens (tertiary/aromatic N) is 2. The van der Waals surface area contributed by atoms with Crippen LogP contribution in [0.3, 0.4) is 0 Å². The van der Waals surface area contributed by atoms with E-state index in [1.54, 1.807) is 13.0 Å². The molecule has 0 saturated heterocycles. The van der Waals surface area contributed by atoms with E-state index in [0.29, 0.717) is 11.8 Å². The molecule has 1 atom stereocenters. The van der Waals surface area contributed by atoms with E-state index in [2.05, 4.69) is 15.3 Å². The Morgan fingerprint density at radius 1 is 1.28 bits per heavy atom. The Labute approximate surface area is 109 Å². The van der Waals surface area contributed by atoms with Gasteiger partial charge in [0.1, 0.15) is 0 Å². The fraction of sp³-hybridized carbons (Fsp3) is 0.692. The molecule has 0 fully saturated rings. The predicted molar refractivity (Wildman–Crippen MR) is 71.9 cm³/mol. The van der Waals surface area contributed by atoms with Gasteiger partial charge in [-0.3, -0.25) is 0 Å². The molecule has 1 unspecified atom stereocenters. The largest absolute Gasteiger partial charge is 0.475 e. The van der Waals surface area contributed by atoms with Crippen LogP contribution in [0, 0.1) is 6.92 Å². The van der Waals surface area contributed by atoms with Gasteiger partial charge in [0.05, 0.1) is 17.7 Å². The molecule has 1 rings (SSSR count). The molecule has 5 nitrogen and oxygen atoms in total. The van der Waals surface area contributed by atoms with Crippen molar-refractivity contribution < 1.29 is 9.84 Å². The van der Waals surface area contributed by atoms with E-state index in [1.165, 1.54) is 0 Å². The number of anilines is 1. The second kappa shape index (κ2) is 5.52. The monoisotopic (exact) mass is 253 g/mol. The number of rotatable bonds is 5. The van der Waals surface area contributed by atoms with E-state index < -0.39 is 11.6 Å². The van der Waals surface area contributed by atoms with Gasteiger partial charge in [-0.25, -0.2) is 4.98 Å². The first kappa shape index (κ1) is 14.7. The minimum absolute atomic E-state index is 0.0666. The van der Waals surface area contributed by atoms with E-state index >= 15 is 0 Å². The first-order valence-electron chi connectivity index (χ1n) is 6.19. The summed E-state index contributed by atoms with van der Waals surface area (Å²) in [5, 5.41) is 12.8. The molecule has 0 saturated carbocycles. The zero-order valence-corrected chi connectivity index (χ0v) is 12.0. The molecular weight excluding hydrogens is 230 g/mol. The van der Waals surface area contributed by atoms with Crippen molar-refractivity contribution in [1.29, 1.82) is 0 Å². The summed E-state index contributed by atoms with van der Waals surface area (Å²) >= 11 is 0. The number of aryl methyl sites for hydroxylation is 1. The molecule has 1 heterocycles. The highest BCUT2D eigenvalue weighted by atomic mass is 16.5. The van der Waals surface area contributed by atoms with Crippen LogP contribution in [0.25, 0.3) is 0 Å². The highest BCUT2D eigenvalue weighted by molar-refractivity contribution is 5.33. The Bertz CT molecular complexity index is 403. The van der Waals surface area contributed by atoms with Gasteiger partial charge in [0.2, 0.25) is 11.8 Å². The number of aliphatic hydroxyl groups excluding tert-OH is 1. The Balaban J connectivity index is 2.93. The summed E-state index contributed by atoms with van der Waals surface area (Å²) in [6.07, 6.45) is -0.451. The lowest BCUT2D eigenvalue weighted by Crippen LogP contribution is -2.42. The summed E-state index contributed by atoms with van der Waals surface area (Å²) in [5.74, 6) is 1.01. The topological polar surface area (TPSA) is 67.3 Å². The maximum absolute atomic E-state index is 9.68. The van der Waals surface area contributed by atoms with Crippen molar-refractivity contribution in [2.75, 3.05) is 5.32 Å². The molecule has 0 aliphatic rings. The standard InChI is InChI=1S/C13H23N3O2/c1-8(2)18-11-7-9(3)14-12(15-11)16-13(5,6)10(4)17/h7-8,10,17H,1-6H3,(H,14,15,16). The summed E-state index contributed by atoms with van der Waals surface area (Å²) in [7, 11) is 0. The van der Waals surface area contributed by atoms with Crippen LogP contribution >= 0.6 is 0 Å². The predicted octanol–water partition coefficient (Wildman–Crippen LogP) is 2.14. The van der Waals surface area contributed by atoms with Crippen LogP contribution in [0.1, 0.15) is 40.3 Å². The van der Waals surface area contributed by atoms with Crippen LogP contribution in [0.5, 0.6) is 5.88 Å². The number of ether oxygens (including phenoxy) is 1. The van der Waals surface area contributed by atoms with Crippen molar-refractivity contribution in [3.63, 3.8) is 0 Å². The van der Waals surface area contributed by atoms with E-state index in [0.717, 1.165) is 5.69 Å². The van der Waals surface area contributed by atoms with Gasteiger partial charge in [0.25, 0.3) is 0 Å². The van der Waals surface area contributed by atoms with E-state index in [4.69, 9.17) is 4.74 Å². The van der Waals surface area contributed by atoms with Crippen LogP contribution in [-0.2, 0) is 0 Å². The summed E-state index contributed by atoms with van der Waals surface area (Å²) in [5.41, 5.74) is 0.327. The second-order valence-corrected chi connectivity index (χ2v) is 5.36. The Morgan fingerprint density at radius 2 is 1.89 bits per heavy atom. The lowest BCUT2D eigenvalue weighted by atomic mass is 9.99. The fourth-order valence-electron chi connectivity index (χ4n) is 1.29. The summed E-state index contributed by atoms with van der Waals surface area (Å²) in [6, 6.07) is 1.79. The molecule has 0 radical (unpaired) electrons. The lowest BCUT2D eigenvalue weighted by molar-refractivity contribution is 0.132. The van der Waals surface area contributed by atoms with Gasteiger partial charge in [-0.1, -0.05) is 0 Å². The van der Waals surface area contributed by atoms with Crippen molar-refractivity contribution in [3.05, 3.63) is 11.8 Å². The van der Waals surface area contributed by atoms with Gasteiger partial charge in [-0.05, 0) is 41.5 Å². The van der Waals surface area contributed by atoms with E-state index in [9.17, 15) is 5.11 Å². The van der Waals surface area contributed by atoms with E-state index in [-0.39, 0.29) is 6.10 Å². The molecule has 0 bridgehead atoms. The van der Waals surface area contributed by atoms with Gasteiger partial charge in [-0.2, -0.15) is 4.98 Å². The number of aliphatic hydroxyl groups is 1. The minimum atomic E-state index is -0.518. The summed E-state index contributed by atoms with van der Waals surface area (Å²) in [6.45, 7) is 11.3. The molecule has 0 amide bonds. The molecule has 1 aromatic heterocycles. The quantitative estimate of drug-likeness (QED) is 0.841. The first-order valence-corrected chi connectivity index (χ1v) is 6.19. The molecule has 0 aliphatic carbocycles. The highest BCUT2D eigenvalue weighted by Gasteiger charge is 2.25. The zero-order valence-electron chi connectivity index (χ0n) is 12.0. The molecule has 5 heteroatoms. The van der Waals surface area contributed by atoms with Crippen molar-refractivity contribution in [3.8, 4) is 5.88 Å². The highest BCUT2D eigenvalue weighted by Crippen LogP contribution is 2.19. The first-order chi connectivity index (χ1) is 8.20. The smallest absolute Gasteiger partial charge is 0.226 e. The number of hydrogen-bond acceptors (Lipinski definition) is 5. The summed E-state index contributed by atoms with van der Waals surface area (Å²) < 4.78 is 5.56. The Kier molecular flexibility index (Phi) is 4.51. The SMILES string of the molecule is Cc1cc(OC(C)C)nc(NC(C)(C)C(C)O)n1. The van der Waals surface area contributed by atoms with Gasteiger partial charge in [0.15, 0.2) is 0 Å². The molecule has 0 aromatic carbocycles. The van der Waals surface area contributed by atoms with Crippen LogP contribution < -0.4 is 10.1 Å². The van der Waals surface area contributed by atoms with E-state index in [1.807, 2.05) is 34.6 Å². The molecule has 102 valence electrons. The zero-order chi connectivity index (χ0) is 13.9. The van der Waals surface area contributed by atoms with Gasteiger partial charge in [-0.15, -0.1) is 0 Å². The Hall–Kier alpha value is -1.36. The molecule has 0 aliphatic heterocycles. The van der Waals surface area contributed by atoms with Crippen molar-refractivity contribution in [2.24, 2.45) is 0 Å². The third-order valence-electron chi connectivity index (χ3n) is 2.67. The maximum Gasteiger partial charge on any atom is 0.226 e. The lowest BCUT2D eigenvalue weighted by Gasteiger charge is -2.29. The maximum atomic E-state index is 9.68. The second-order valence-electron chi connectivity index (χ2n) is 5.36. The molecular formula is C13H23N3O2. The third-order valence-corrected chi connectivity index (χ3v) is 2.67. The van der Waals surface area contributed by atoms with Crippen LogP contribution in [0.2, 0.25) is 0 Å². The molecule has 18 heavy (non-hydrogen) atoms. The van der Waals surface area contributed by atoms with Crippen LogP contribution in [-0.4, -0.2) is 32.8 Å². The third kappa shape index (κ3) is 4.14. The summed E-state index contributed by atoms with van der Waals surface area (Å²) in [4.78, 5) is 8.58. The number of hydrogen-bond donors (Lipinski definition) is 2. The van der Waals surface area contributed by atoms with Crippen LogP contribution in [0.4, 0.5) is 5.95 Å². The average Bonchev–Trinajstić information content (AvgIpc) is 2.13. The fourth-order valence-corrected chi connectivity index (χ4v) is 1.29. The number of nitrogens with one attached hydrogen (secondary N) is 1. The normalized spacial score (nSPS) is 13.6. The van der Waals surface area contributed by atoms with Crippen molar-refractivity contribution in [2.45, 2.75) is 59.3 Å². The number of aromatic nitrogens is 2. The van der Waals surface area contributed by atoms with Gasteiger partial charge < -0.3 is 15.2 Å². The minimum Gasteiger partial charge on any atom is -0.475 e. The average molecular weight is 253 g/mol. The van der Waals surface area contributed by atoms with Gasteiger partial charge in [0, 0.05) is 11.8 Å². The Morgan fingerprint density at radius 3 is 2.39 bits per heavy atom. The van der Waals surface area contributed by atoms with Crippen molar-refractivity contribution >= 4 is 5.95 Å². The molecule has 1 aromatic rings. The molecule has 0 spiro atoms. The van der Waals surface area contributed by atoms with Gasteiger partial charge >= 0.3 is 0 Å². The van der Waals surface area contributed by atoms with Crippen LogP contribution in [0.15, 0.2) is 6.07 Å².